The summed E-state index contributed by atoms with van der Waals surface area (Å²) in [7, 11) is 4.65. The molecule has 1 amide bonds. The zero-order valence-corrected chi connectivity index (χ0v) is 16.5. The van der Waals surface area contributed by atoms with Crippen molar-refractivity contribution in [2.24, 2.45) is 0 Å². The molecule has 0 aliphatic heterocycles. The van der Waals surface area contributed by atoms with Crippen molar-refractivity contribution in [1.29, 1.82) is 0 Å². The van der Waals surface area contributed by atoms with Crippen molar-refractivity contribution < 1.29 is 19.0 Å². The Morgan fingerprint density at radius 2 is 1.93 bits per heavy atom. The predicted octanol–water partition coefficient (Wildman–Crippen LogP) is 3.64. The molecule has 3 aromatic rings. The zero-order chi connectivity index (χ0) is 19.4. The van der Waals surface area contributed by atoms with E-state index in [0.29, 0.717) is 33.6 Å². The average Bonchev–Trinajstić information content (AvgIpc) is 3.31. The van der Waals surface area contributed by atoms with Crippen LogP contribution in [-0.4, -0.2) is 42.4 Å². The second-order valence-electron chi connectivity index (χ2n) is 5.84. The summed E-state index contributed by atoms with van der Waals surface area (Å²) >= 11 is 1.39. The van der Waals surface area contributed by atoms with Gasteiger partial charge in [0.25, 0.3) is 5.91 Å². The Hall–Kier alpha value is -2.81. The lowest BCUT2D eigenvalue weighted by molar-refractivity contribution is 0.102. The number of aromatic amines is 1. The predicted molar refractivity (Wildman–Crippen MR) is 104 cm³/mol. The molecule has 0 aliphatic carbocycles. The van der Waals surface area contributed by atoms with Crippen molar-refractivity contribution in [3.05, 3.63) is 22.8 Å². The number of carbonyl (C=O) groups excluding carboxylic acids is 1. The van der Waals surface area contributed by atoms with E-state index < -0.39 is 0 Å². The van der Waals surface area contributed by atoms with Gasteiger partial charge in [0.15, 0.2) is 11.5 Å². The number of fused-ring (bicyclic) bond motifs is 1. The molecule has 144 valence electrons. The molecular formula is C18H22N4O4S. The summed E-state index contributed by atoms with van der Waals surface area (Å²) in [5.74, 6) is 1.29. The minimum Gasteiger partial charge on any atom is -0.496 e. The number of amides is 1. The maximum atomic E-state index is 12.6. The van der Waals surface area contributed by atoms with E-state index in [2.05, 4.69) is 27.4 Å². The van der Waals surface area contributed by atoms with Crippen LogP contribution < -0.4 is 19.5 Å². The van der Waals surface area contributed by atoms with Gasteiger partial charge in [-0.1, -0.05) is 24.7 Å². The lowest BCUT2D eigenvalue weighted by Gasteiger charge is -2.11. The van der Waals surface area contributed by atoms with E-state index in [4.69, 9.17) is 14.2 Å². The van der Waals surface area contributed by atoms with Crippen LogP contribution in [0.15, 0.2) is 12.1 Å². The largest absolute Gasteiger partial charge is 0.496 e. The van der Waals surface area contributed by atoms with Gasteiger partial charge in [0.2, 0.25) is 5.13 Å². The number of hydrogen-bond donors (Lipinski definition) is 2. The summed E-state index contributed by atoms with van der Waals surface area (Å²) in [4.78, 5) is 15.7. The number of methoxy groups -OCH3 is 3. The molecule has 27 heavy (non-hydrogen) atoms. The fraction of sp³-hybridized carbons (Fsp3) is 0.389. The molecule has 1 aromatic carbocycles. The first-order chi connectivity index (χ1) is 13.1. The number of hydrogen-bond acceptors (Lipinski definition) is 7. The quantitative estimate of drug-likeness (QED) is 0.609. The van der Waals surface area contributed by atoms with Crippen LogP contribution in [0.1, 0.15) is 35.3 Å². The molecule has 0 aliphatic rings. The third-order valence-corrected chi connectivity index (χ3v) is 5.01. The minimum absolute atomic E-state index is 0.313. The molecule has 2 N–H and O–H groups in total. The van der Waals surface area contributed by atoms with E-state index in [1.165, 1.54) is 11.3 Å². The molecule has 0 atom stereocenters. The summed E-state index contributed by atoms with van der Waals surface area (Å²) < 4.78 is 16.2. The first kappa shape index (κ1) is 19.0. The summed E-state index contributed by atoms with van der Waals surface area (Å²) in [5.41, 5.74) is 0.986. The van der Waals surface area contributed by atoms with Crippen LogP contribution >= 0.6 is 11.3 Å². The molecule has 9 heteroatoms. The van der Waals surface area contributed by atoms with Crippen LogP contribution in [-0.2, 0) is 6.42 Å². The average molecular weight is 390 g/mol. The molecule has 8 nitrogen and oxygen atoms in total. The number of aryl methyl sites for hydroxylation is 1. The first-order valence-corrected chi connectivity index (χ1v) is 9.38. The Morgan fingerprint density at radius 3 is 2.59 bits per heavy atom. The molecule has 0 bridgehead atoms. The molecule has 0 saturated carbocycles. The Bertz CT molecular complexity index is 950. The zero-order valence-electron chi connectivity index (χ0n) is 15.7. The minimum atomic E-state index is -0.313. The van der Waals surface area contributed by atoms with E-state index in [1.54, 1.807) is 33.5 Å². The topological polar surface area (TPSA) is 98.4 Å². The molecular weight excluding hydrogens is 368 g/mol. The van der Waals surface area contributed by atoms with Gasteiger partial charge in [-0.05, 0) is 12.5 Å². The van der Waals surface area contributed by atoms with Crippen molar-refractivity contribution in [1.82, 2.24) is 15.2 Å². The Kier molecular flexibility index (Phi) is 5.80. The fourth-order valence-electron chi connectivity index (χ4n) is 2.76. The van der Waals surface area contributed by atoms with E-state index >= 15 is 0 Å². The Labute approximate surface area is 160 Å². The smallest absolute Gasteiger partial charge is 0.273 e. The van der Waals surface area contributed by atoms with Gasteiger partial charge in [0.05, 0.1) is 26.8 Å². The number of benzene rings is 1. The molecule has 2 heterocycles. The van der Waals surface area contributed by atoms with Crippen molar-refractivity contribution in [3.8, 4) is 17.2 Å². The molecule has 0 radical (unpaired) electrons. The number of H-pyrrole nitrogens is 1. The van der Waals surface area contributed by atoms with Gasteiger partial charge in [-0.2, -0.15) is 0 Å². The molecule has 0 saturated heterocycles. The lowest BCUT2D eigenvalue weighted by atomic mass is 10.2. The SMILES string of the molecule is CCCCc1nnc(NC(=O)c2cc3c(OC)cc(OC)c(OC)c3[nH]2)s1. The van der Waals surface area contributed by atoms with E-state index in [1.807, 2.05) is 0 Å². The van der Waals surface area contributed by atoms with Gasteiger partial charge >= 0.3 is 0 Å². The van der Waals surface area contributed by atoms with Gasteiger partial charge in [-0.25, -0.2) is 0 Å². The first-order valence-electron chi connectivity index (χ1n) is 8.56. The number of rotatable bonds is 8. The highest BCUT2D eigenvalue weighted by atomic mass is 32.1. The molecule has 2 aromatic heterocycles. The Morgan fingerprint density at radius 1 is 1.15 bits per heavy atom. The van der Waals surface area contributed by atoms with Gasteiger partial charge in [-0.15, -0.1) is 10.2 Å². The van der Waals surface area contributed by atoms with Crippen molar-refractivity contribution in [2.75, 3.05) is 26.6 Å². The van der Waals surface area contributed by atoms with Crippen LogP contribution in [0.5, 0.6) is 17.2 Å². The van der Waals surface area contributed by atoms with Crippen molar-refractivity contribution in [3.63, 3.8) is 0 Å². The molecule has 0 spiro atoms. The molecule has 0 fully saturated rings. The monoisotopic (exact) mass is 390 g/mol. The van der Waals surface area contributed by atoms with Crippen LogP contribution in [0.2, 0.25) is 0 Å². The highest BCUT2D eigenvalue weighted by Gasteiger charge is 2.20. The second kappa shape index (κ2) is 8.26. The highest BCUT2D eigenvalue weighted by molar-refractivity contribution is 7.15. The Balaban J connectivity index is 1.90. The van der Waals surface area contributed by atoms with Crippen molar-refractivity contribution in [2.45, 2.75) is 26.2 Å². The maximum absolute atomic E-state index is 12.6. The molecule has 3 rings (SSSR count). The number of nitrogens with one attached hydrogen (secondary N) is 2. The number of ether oxygens (including phenoxy) is 3. The van der Waals surface area contributed by atoms with Crippen molar-refractivity contribution >= 4 is 33.3 Å². The number of aromatic nitrogens is 3. The highest BCUT2D eigenvalue weighted by Crippen LogP contribution is 2.41. The van der Waals surface area contributed by atoms with Gasteiger partial charge in [0, 0.05) is 17.9 Å². The third-order valence-electron chi connectivity index (χ3n) is 4.12. The van der Waals surface area contributed by atoms with Crippen LogP contribution in [0.4, 0.5) is 5.13 Å². The third kappa shape index (κ3) is 3.82. The van der Waals surface area contributed by atoms with Gasteiger partial charge < -0.3 is 19.2 Å². The fourth-order valence-corrected chi connectivity index (χ4v) is 3.53. The number of nitrogens with zero attached hydrogens (tertiary/aromatic N) is 2. The summed E-state index contributed by atoms with van der Waals surface area (Å²) in [6.45, 7) is 2.12. The van der Waals surface area contributed by atoms with Gasteiger partial charge in [-0.3, -0.25) is 10.1 Å². The van der Waals surface area contributed by atoms with E-state index in [0.717, 1.165) is 29.7 Å². The van der Waals surface area contributed by atoms with Crippen LogP contribution in [0.3, 0.4) is 0 Å². The lowest BCUT2D eigenvalue weighted by Crippen LogP contribution is -2.11. The van der Waals surface area contributed by atoms with Gasteiger partial charge in [0.1, 0.15) is 16.5 Å². The standard InChI is InChI=1S/C18H22N4O4S/c1-5-6-7-14-21-22-18(27-14)20-17(23)11-8-10-12(24-2)9-13(25-3)16(26-4)15(10)19-11/h8-9,19H,5-7H2,1-4H3,(H,20,22,23). The summed E-state index contributed by atoms with van der Waals surface area (Å²) in [5, 5.41) is 13.0. The molecule has 0 unspecified atom stereocenters. The van der Waals surface area contributed by atoms with E-state index in [-0.39, 0.29) is 5.91 Å². The maximum Gasteiger partial charge on any atom is 0.273 e. The number of carbonyl (C=O) groups is 1. The van der Waals surface area contributed by atoms with Crippen LogP contribution in [0, 0.1) is 0 Å². The number of anilines is 1. The second-order valence-corrected chi connectivity index (χ2v) is 6.91. The van der Waals surface area contributed by atoms with Crippen LogP contribution in [0.25, 0.3) is 10.9 Å². The number of unbranched alkanes of at least 4 members (excludes halogenated alkanes) is 1. The summed E-state index contributed by atoms with van der Waals surface area (Å²) in [6, 6.07) is 3.44. The normalized spacial score (nSPS) is 10.8. The summed E-state index contributed by atoms with van der Waals surface area (Å²) in [6.07, 6.45) is 3.00. The van der Waals surface area contributed by atoms with E-state index in [9.17, 15) is 4.79 Å².